The number of halogens is 1. The maximum absolute atomic E-state index is 6.18. The molecule has 0 aromatic heterocycles. The van der Waals surface area contributed by atoms with Crippen LogP contribution in [-0.4, -0.2) is 44.1 Å². The van der Waals surface area contributed by atoms with Crippen molar-refractivity contribution in [3.63, 3.8) is 0 Å². The molecule has 0 atom stereocenters. The molecule has 4 nitrogen and oxygen atoms in total. The Balaban J connectivity index is 1.71. The number of hydrogen-bond acceptors (Lipinski definition) is 2. The van der Waals surface area contributed by atoms with Crippen LogP contribution in [0.2, 0.25) is 5.02 Å². The van der Waals surface area contributed by atoms with Crippen LogP contribution in [0.1, 0.15) is 31.7 Å². The first-order valence-electron chi connectivity index (χ1n) is 8.63. The van der Waals surface area contributed by atoms with Crippen molar-refractivity contribution in [3.05, 3.63) is 34.9 Å². The highest BCUT2D eigenvalue weighted by Gasteiger charge is 2.18. The van der Waals surface area contributed by atoms with E-state index in [0.717, 1.165) is 29.0 Å². The third-order valence-electron chi connectivity index (χ3n) is 4.43. The Morgan fingerprint density at radius 1 is 1.26 bits per heavy atom. The maximum Gasteiger partial charge on any atom is 0.191 e. The van der Waals surface area contributed by atoms with Crippen molar-refractivity contribution < 1.29 is 0 Å². The number of aliphatic imine (C=N–C) groups is 1. The summed E-state index contributed by atoms with van der Waals surface area (Å²) in [5, 5.41) is 7.58. The number of hydrogen-bond donors (Lipinski definition) is 2. The zero-order valence-electron chi connectivity index (χ0n) is 14.3. The summed E-state index contributed by atoms with van der Waals surface area (Å²) in [6, 6.07) is 7.90. The molecular formula is C18H29ClN4. The van der Waals surface area contributed by atoms with Gasteiger partial charge in [0.15, 0.2) is 5.96 Å². The van der Waals surface area contributed by atoms with Gasteiger partial charge in [0.2, 0.25) is 0 Å². The van der Waals surface area contributed by atoms with E-state index in [4.69, 9.17) is 11.6 Å². The number of rotatable bonds is 6. The first-order valence-corrected chi connectivity index (χ1v) is 9.01. The van der Waals surface area contributed by atoms with Gasteiger partial charge in [-0.3, -0.25) is 4.99 Å². The first kappa shape index (κ1) is 18.1. The molecule has 1 heterocycles. The Hall–Kier alpha value is -1.26. The van der Waals surface area contributed by atoms with Crippen LogP contribution >= 0.6 is 11.6 Å². The molecule has 1 aliphatic heterocycles. The largest absolute Gasteiger partial charge is 0.356 e. The van der Waals surface area contributed by atoms with Crippen molar-refractivity contribution in [1.29, 1.82) is 0 Å². The molecule has 0 amide bonds. The predicted molar refractivity (Wildman–Crippen MR) is 99.1 cm³/mol. The van der Waals surface area contributed by atoms with Crippen LogP contribution in [0.25, 0.3) is 0 Å². The van der Waals surface area contributed by atoms with Gasteiger partial charge in [-0.05, 0) is 56.4 Å². The van der Waals surface area contributed by atoms with Gasteiger partial charge < -0.3 is 15.5 Å². The second kappa shape index (κ2) is 9.78. The Bertz CT molecular complexity index is 496. The molecule has 1 aromatic rings. The third-order valence-corrected chi connectivity index (χ3v) is 4.80. The minimum absolute atomic E-state index is 0.689. The average molecular weight is 337 g/mol. The first-order chi connectivity index (χ1) is 11.2. The van der Waals surface area contributed by atoms with E-state index < -0.39 is 0 Å². The molecule has 23 heavy (non-hydrogen) atoms. The SMILES string of the molecule is CCCN1CCC(CNC(=NC)NCc2ccccc2Cl)CC1. The van der Waals surface area contributed by atoms with Crippen molar-refractivity contribution in [3.8, 4) is 0 Å². The fourth-order valence-electron chi connectivity index (χ4n) is 3.01. The lowest BCUT2D eigenvalue weighted by Crippen LogP contribution is -2.42. The molecule has 5 heteroatoms. The highest BCUT2D eigenvalue weighted by atomic mass is 35.5. The quantitative estimate of drug-likeness (QED) is 0.619. The van der Waals surface area contributed by atoms with E-state index in [1.54, 1.807) is 0 Å². The molecule has 0 unspecified atom stereocenters. The lowest BCUT2D eigenvalue weighted by atomic mass is 9.97. The van der Waals surface area contributed by atoms with Crippen LogP contribution in [0.15, 0.2) is 29.3 Å². The second-order valence-electron chi connectivity index (χ2n) is 6.18. The Morgan fingerprint density at radius 3 is 2.65 bits per heavy atom. The van der Waals surface area contributed by atoms with Gasteiger partial charge in [0, 0.05) is 25.2 Å². The van der Waals surface area contributed by atoms with E-state index in [1.807, 2.05) is 31.3 Å². The molecule has 2 N–H and O–H groups in total. The summed E-state index contributed by atoms with van der Waals surface area (Å²) in [6.07, 6.45) is 3.80. The van der Waals surface area contributed by atoms with Gasteiger partial charge in [0.25, 0.3) is 0 Å². The molecule has 1 aliphatic rings. The van der Waals surface area contributed by atoms with Gasteiger partial charge in [-0.15, -0.1) is 0 Å². The van der Waals surface area contributed by atoms with Crippen LogP contribution in [0.4, 0.5) is 0 Å². The highest BCUT2D eigenvalue weighted by Crippen LogP contribution is 2.16. The fraction of sp³-hybridized carbons (Fsp3) is 0.611. The summed E-state index contributed by atoms with van der Waals surface area (Å²) in [5.74, 6) is 1.59. The lowest BCUT2D eigenvalue weighted by molar-refractivity contribution is 0.185. The van der Waals surface area contributed by atoms with Crippen LogP contribution < -0.4 is 10.6 Å². The summed E-state index contributed by atoms with van der Waals surface area (Å²) >= 11 is 6.18. The Labute approximate surface area is 145 Å². The van der Waals surface area contributed by atoms with E-state index in [1.165, 1.54) is 38.9 Å². The number of nitrogens with one attached hydrogen (secondary N) is 2. The van der Waals surface area contributed by atoms with Gasteiger partial charge in [-0.2, -0.15) is 0 Å². The third kappa shape index (κ3) is 6.04. The molecule has 1 fully saturated rings. The van der Waals surface area contributed by atoms with Gasteiger partial charge in [0.1, 0.15) is 0 Å². The van der Waals surface area contributed by atoms with E-state index in [-0.39, 0.29) is 0 Å². The van der Waals surface area contributed by atoms with E-state index in [2.05, 4.69) is 27.4 Å². The highest BCUT2D eigenvalue weighted by molar-refractivity contribution is 6.31. The van der Waals surface area contributed by atoms with Crippen molar-refractivity contribution in [2.24, 2.45) is 10.9 Å². The molecule has 0 radical (unpaired) electrons. The van der Waals surface area contributed by atoms with Crippen molar-refractivity contribution in [2.75, 3.05) is 33.2 Å². The topological polar surface area (TPSA) is 39.7 Å². The molecule has 2 rings (SSSR count). The summed E-state index contributed by atoms with van der Waals surface area (Å²) in [6.45, 7) is 7.62. The molecule has 1 aromatic carbocycles. The molecule has 0 saturated carbocycles. The number of piperidine rings is 1. The van der Waals surface area contributed by atoms with Gasteiger partial charge >= 0.3 is 0 Å². The standard InChI is InChI=1S/C18H29ClN4/c1-3-10-23-11-8-15(9-12-23)13-21-18(20-2)22-14-16-6-4-5-7-17(16)19/h4-7,15H,3,8-14H2,1-2H3,(H2,20,21,22). The van der Waals surface area contributed by atoms with E-state index in [0.29, 0.717) is 6.54 Å². The zero-order valence-corrected chi connectivity index (χ0v) is 15.1. The summed E-state index contributed by atoms with van der Waals surface area (Å²) in [4.78, 5) is 6.87. The molecule has 0 spiro atoms. The van der Waals surface area contributed by atoms with Gasteiger partial charge in [-0.1, -0.05) is 36.7 Å². The maximum atomic E-state index is 6.18. The number of guanidine groups is 1. The molecule has 0 bridgehead atoms. The van der Waals surface area contributed by atoms with Crippen LogP contribution in [0, 0.1) is 5.92 Å². The Morgan fingerprint density at radius 2 is 2.00 bits per heavy atom. The number of nitrogens with zero attached hydrogens (tertiary/aromatic N) is 2. The van der Waals surface area contributed by atoms with Gasteiger partial charge in [0.05, 0.1) is 0 Å². The number of likely N-dealkylation sites (tertiary alicyclic amines) is 1. The predicted octanol–water partition coefficient (Wildman–Crippen LogP) is 3.13. The van der Waals surface area contributed by atoms with Crippen molar-refractivity contribution >= 4 is 17.6 Å². The number of benzene rings is 1. The van der Waals surface area contributed by atoms with Crippen LogP contribution in [-0.2, 0) is 6.54 Å². The van der Waals surface area contributed by atoms with Crippen molar-refractivity contribution in [2.45, 2.75) is 32.7 Å². The van der Waals surface area contributed by atoms with Gasteiger partial charge in [-0.25, -0.2) is 0 Å². The van der Waals surface area contributed by atoms with Crippen LogP contribution in [0.3, 0.4) is 0 Å². The summed E-state index contributed by atoms with van der Waals surface area (Å²) < 4.78 is 0. The summed E-state index contributed by atoms with van der Waals surface area (Å²) in [7, 11) is 1.81. The molecular weight excluding hydrogens is 308 g/mol. The summed E-state index contributed by atoms with van der Waals surface area (Å²) in [5.41, 5.74) is 1.09. The lowest BCUT2D eigenvalue weighted by Gasteiger charge is -2.32. The van der Waals surface area contributed by atoms with Crippen LogP contribution in [0.5, 0.6) is 0 Å². The minimum atomic E-state index is 0.689. The van der Waals surface area contributed by atoms with E-state index in [9.17, 15) is 0 Å². The zero-order chi connectivity index (χ0) is 16.5. The smallest absolute Gasteiger partial charge is 0.191 e. The molecule has 0 aliphatic carbocycles. The molecule has 128 valence electrons. The minimum Gasteiger partial charge on any atom is -0.356 e. The fourth-order valence-corrected chi connectivity index (χ4v) is 3.22. The second-order valence-corrected chi connectivity index (χ2v) is 6.59. The Kier molecular flexibility index (Phi) is 7.69. The molecule has 1 saturated heterocycles. The van der Waals surface area contributed by atoms with Crippen molar-refractivity contribution in [1.82, 2.24) is 15.5 Å². The normalized spacial score (nSPS) is 17.3. The monoisotopic (exact) mass is 336 g/mol. The van der Waals surface area contributed by atoms with E-state index >= 15 is 0 Å². The average Bonchev–Trinajstić information content (AvgIpc) is 2.58.